The molecule has 0 spiro atoms. The monoisotopic (exact) mass is 263 g/mol. The van der Waals surface area contributed by atoms with E-state index in [0.717, 1.165) is 17.3 Å². The maximum atomic E-state index is 12.5. The Bertz CT molecular complexity index is 395. The van der Waals surface area contributed by atoms with Crippen LogP contribution in [0.5, 0.6) is 0 Å². The van der Waals surface area contributed by atoms with Crippen LogP contribution >= 0.6 is 11.3 Å². The fourth-order valence-corrected chi connectivity index (χ4v) is 4.27. The highest BCUT2D eigenvalue weighted by atomic mass is 32.1. The Labute approximate surface area is 113 Å². The molecule has 1 atom stereocenters. The molecule has 0 radical (unpaired) electrons. The largest absolute Gasteiger partial charge is 0.335 e. The molecule has 1 saturated carbocycles. The van der Waals surface area contributed by atoms with Gasteiger partial charge in [0.15, 0.2) is 0 Å². The Morgan fingerprint density at radius 3 is 2.72 bits per heavy atom. The molecule has 1 aliphatic heterocycles. The molecule has 2 nitrogen and oxygen atoms in total. The normalized spacial score (nSPS) is 25.6. The summed E-state index contributed by atoms with van der Waals surface area (Å²) in [7, 11) is 0. The Kier molecular flexibility index (Phi) is 3.69. The van der Waals surface area contributed by atoms with Crippen molar-refractivity contribution in [2.75, 3.05) is 6.54 Å². The van der Waals surface area contributed by atoms with E-state index in [2.05, 4.69) is 4.90 Å². The second-order valence-electron chi connectivity index (χ2n) is 5.58. The molecule has 1 aromatic rings. The Balaban J connectivity index is 1.72. The fourth-order valence-electron chi connectivity index (χ4n) is 3.60. The lowest BCUT2D eigenvalue weighted by Crippen LogP contribution is -2.40. The molecule has 1 aliphatic carbocycles. The Hall–Kier alpha value is -0.830. The van der Waals surface area contributed by atoms with Gasteiger partial charge in [-0.2, -0.15) is 0 Å². The lowest BCUT2D eigenvalue weighted by Gasteiger charge is -2.33. The molecule has 3 heteroatoms. The highest BCUT2D eigenvalue weighted by molar-refractivity contribution is 7.12. The molecular formula is C15H21NOS. The predicted octanol–water partition coefficient (Wildman–Crippen LogP) is 3.93. The number of thiophene rings is 1. The molecule has 18 heavy (non-hydrogen) atoms. The van der Waals surface area contributed by atoms with E-state index in [1.54, 1.807) is 11.3 Å². The minimum atomic E-state index is 0.276. The molecule has 0 aromatic carbocycles. The van der Waals surface area contributed by atoms with Crippen LogP contribution < -0.4 is 0 Å². The number of likely N-dealkylation sites (tertiary alicyclic amines) is 1. The van der Waals surface area contributed by atoms with Crippen molar-refractivity contribution in [1.29, 1.82) is 0 Å². The van der Waals surface area contributed by atoms with Crippen LogP contribution in [-0.2, 0) is 0 Å². The van der Waals surface area contributed by atoms with Gasteiger partial charge in [-0.15, -0.1) is 11.3 Å². The SMILES string of the molecule is O=C(c1cccs1)N1CCCC1C1CCCCC1. The van der Waals surface area contributed by atoms with E-state index in [-0.39, 0.29) is 5.91 Å². The molecule has 0 bridgehead atoms. The van der Waals surface area contributed by atoms with E-state index in [1.807, 2.05) is 17.5 Å². The summed E-state index contributed by atoms with van der Waals surface area (Å²) >= 11 is 1.58. The quantitative estimate of drug-likeness (QED) is 0.791. The summed E-state index contributed by atoms with van der Waals surface area (Å²) in [4.78, 5) is 15.6. The smallest absolute Gasteiger partial charge is 0.264 e. The van der Waals surface area contributed by atoms with Gasteiger partial charge in [0, 0.05) is 12.6 Å². The van der Waals surface area contributed by atoms with Crippen LogP contribution in [-0.4, -0.2) is 23.4 Å². The van der Waals surface area contributed by atoms with Crippen molar-refractivity contribution >= 4 is 17.2 Å². The Morgan fingerprint density at radius 2 is 2.00 bits per heavy atom. The first-order chi connectivity index (χ1) is 8.86. The molecule has 2 aliphatic rings. The highest BCUT2D eigenvalue weighted by Gasteiger charge is 2.35. The molecule has 3 rings (SSSR count). The fraction of sp³-hybridized carbons (Fsp3) is 0.667. The highest BCUT2D eigenvalue weighted by Crippen LogP contribution is 2.35. The average Bonchev–Trinajstić information content (AvgIpc) is 3.10. The van der Waals surface area contributed by atoms with Gasteiger partial charge in [0.2, 0.25) is 0 Å². The number of nitrogens with zero attached hydrogens (tertiary/aromatic N) is 1. The molecule has 2 fully saturated rings. The zero-order chi connectivity index (χ0) is 12.4. The van der Waals surface area contributed by atoms with Crippen molar-refractivity contribution in [2.24, 2.45) is 5.92 Å². The molecule has 1 unspecified atom stereocenters. The molecule has 2 heterocycles. The second kappa shape index (κ2) is 5.43. The Morgan fingerprint density at radius 1 is 1.17 bits per heavy atom. The van der Waals surface area contributed by atoms with Crippen molar-refractivity contribution in [3.8, 4) is 0 Å². The summed E-state index contributed by atoms with van der Waals surface area (Å²) in [6.07, 6.45) is 9.20. The van der Waals surface area contributed by atoms with Gasteiger partial charge in [0.1, 0.15) is 0 Å². The summed E-state index contributed by atoms with van der Waals surface area (Å²) in [5, 5.41) is 2.00. The maximum absolute atomic E-state index is 12.5. The van der Waals surface area contributed by atoms with Crippen LogP contribution in [0.4, 0.5) is 0 Å². The third-order valence-corrected chi connectivity index (χ3v) is 5.34. The summed E-state index contributed by atoms with van der Waals surface area (Å²) in [6, 6.07) is 4.47. The average molecular weight is 263 g/mol. The van der Waals surface area contributed by atoms with Gasteiger partial charge in [-0.25, -0.2) is 0 Å². The topological polar surface area (TPSA) is 20.3 Å². The zero-order valence-electron chi connectivity index (χ0n) is 10.8. The molecule has 1 saturated heterocycles. The van der Waals surface area contributed by atoms with Crippen molar-refractivity contribution < 1.29 is 4.79 Å². The minimum absolute atomic E-state index is 0.276. The van der Waals surface area contributed by atoms with E-state index in [0.29, 0.717) is 6.04 Å². The number of hydrogen-bond acceptors (Lipinski definition) is 2. The molecule has 98 valence electrons. The molecule has 1 aromatic heterocycles. The van der Waals surface area contributed by atoms with E-state index in [4.69, 9.17) is 0 Å². The number of amides is 1. The van der Waals surface area contributed by atoms with E-state index in [1.165, 1.54) is 44.9 Å². The van der Waals surface area contributed by atoms with E-state index in [9.17, 15) is 4.79 Å². The predicted molar refractivity (Wildman–Crippen MR) is 75.0 cm³/mol. The van der Waals surface area contributed by atoms with Crippen LogP contribution in [0.3, 0.4) is 0 Å². The van der Waals surface area contributed by atoms with Gasteiger partial charge in [0.25, 0.3) is 5.91 Å². The van der Waals surface area contributed by atoms with Crippen LogP contribution in [0.15, 0.2) is 17.5 Å². The number of rotatable bonds is 2. The first kappa shape index (κ1) is 12.2. The van der Waals surface area contributed by atoms with Crippen LogP contribution in [0.25, 0.3) is 0 Å². The van der Waals surface area contributed by atoms with Gasteiger partial charge in [-0.3, -0.25) is 4.79 Å². The first-order valence-electron chi connectivity index (χ1n) is 7.21. The van der Waals surface area contributed by atoms with Crippen molar-refractivity contribution in [1.82, 2.24) is 4.90 Å². The minimum Gasteiger partial charge on any atom is -0.335 e. The van der Waals surface area contributed by atoms with Crippen molar-refractivity contribution in [3.63, 3.8) is 0 Å². The lowest BCUT2D eigenvalue weighted by molar-refractivity contribution is 0.0666. The number of carbonyl (C=O) groups is 1. The summed E-state index contributed by atoms with van der Waals surface area (Å²) in [5.74, 6) is 1.04. The van der Waals surface area contributed by atoms with Gasteiger partial charge in [-0.05, 0) is 43.0 Å². The third kappa shape index (κ3) is 2.33. The van der Waals surface area contributed by atoms with E-state index >= 15 is 0 Å². The zero-order valence-corrected chi connectivity index (χ0v) is 11.6. The van der Waals surface area contributed by atoms with Crippen molar-refractivity contribution in [2.45, 2.75) is 51.0 Å². The third-order valence-electron chi connectivity index (χ3n) is 4.49. The van der Waals surface area contributed by atoms with Crippen LogP contribution in [0.1, 0.15) is 54.6 Å². The van der Waals surface area contributed by atoms with Gasteiger partial charge < -0.3 is 4.90 Å². The van der Waals surface area contributed by atoms with Crippen LogP contribution in [0, 0.1) is 5.92 Å². The van der Waals surface area contributed by atoms with Crippen LogP contribution in [0.2, 0.25) is 0 Å². The number of carbonyl (C=O) groups excluding carboxylic acids is 1. The van der Waals surface area contributed by atoms with Gasteiger partial charge in [-0.1, -0.05) is 25.3 Å². The summed E-state index contributed by atoms with van der Waals surface area (Å²) in [5.41, 5.74) is 0. The lowest BCUT2D eigenvalue weighted by atomic mass is 9.83. The molecule has 1 amide bonds. The molecular weight excluding hydrogens is 242 g/mol. The summed E-state index contributed by atoms with van der Waals surface area (Å²) < 4.78 is 0. The first-order valence-corrected chi connectivity index (χ1v) is 8.09. The van der Waals surface area contributed by atoms with Crippen molar-refractivity contribution in [3.05, 3.63) is 22.4 Å². The summed E-state index contributed by atoms with van der Waals surface area (Å²) in [6.45, 7) is 0.970. The second-order valence-corrected chi connectivity index (χ2v) is 6.53. The van der Waals surface area contributed by atoms with Gasteiger partial charge >= 0.3 is 0 Å². The molecule has 0 N–H and O–H groups in total. The maximum Gasteiger partial charge on any atom is 0.264 e. The number of hydrogen-bond donors (Lipinski definition) is 0. The van der Waals surface area contributed by atoms with E-state index < -0.39 is 0 Å². The van der Waals surface area contributed by atoms with Gasteiger partial charge in [0.05, 0.1) is 4.88 Å². The standard InChI is InChI=1S/C15H21NOS/c17-15(14-9-5-11-18-14)16-10-4-8-13(16)12-6-2-1-3-7-12/h5,9,11-13H,1-4,6-8,10H2.